The highest BCUT2D eigenvalue weighted by molar-refractivity contribution is 5.94. The lowest BCUT2D eigenvalue weighted by Crippen LogP contribution is -2.51. The molecule has 2 aromatic heterocycles. The average molecular weight is 538 g/mol. The molecule has 3 fully saturated rings. The average Bonchev–Trinajstić information content (AvgIpc) is 3.87. The molecule has 2 aliphatic heterocycles. The van der Waals surface area contributed by atoms with Gasteiger partial charge in [0.1, 0.15) is 28.8 Å². The van der Waals surface area contributed by atoms with Crippen LogP contribution in [0.2, 0.25) is 0 Å². The van der Waals surface area contributed by atoms with Gasteiger partial charge in [-0.2, -0.15) is 0 Å². The van der Waals surface area contributed by atoms with Crippen LogP contribution in [0.25, 0.3) is 11.0 Å². The fourth-order valence-electron chi connectivity index (χ4n) is 6.47. The minimum absolute atomic E-state index is 0.0803. The molecule has 2 N–H and O–H groups in total. The van der Waals surface area contributed by atoms with Crippen molar-refractivity contribution in [1.29, 1.82) is 0 Å². The molecule has 0 atom stereocenters. The zero-order valence-corrected chi connectivity index (χ0v) is 23.6. The molecule has 7 rings (SSSR count). The van der Waals surface area contributed by atoms with Crippen molar-refractivity contribution in [1.82, 2.24) is 19.9 Å². The van der Waals surface area contributed by atoms with E-state index in [1.54, 1.807) is 6.20 Å². The molecule has 1 saturated heterocycles. The van der Waals surface area contributed by atoms with Crippen LogP contribution in [0.3, 0.4) is 0 Å². The number of likely N-dealkylation sites (tertiary alicyclic amines) is 1. The molecular weight excluding hydrogens is 498 g/mol. The van der Waals surface area contributed by atoms with Crippen LogP contribution in [0.5, 0.6) is 5.75 Å². The van der Waals surface area contributed by atoms with E-state index >= 15 is 0 Å². The number of anilines is 2. The smallest absolute Gasteiger partial charge is 0.151 e. The molecule has 1 aromatic carbocycles. The molecule has 2 aliphatic carbocycles. The van der Waals surface area contributed by atoms with Crippen LogP contribution < -0.4 is 15.0 Å². The van der Waals surface area contributed by atoms with Gasteiger partial charge in [0.05, 0.1) is 16.7 Å². The fourth-order valence-corrected chi connectivity index (χ4v) is 6.47. The standard InChI is InChI=1S/C32H39N7O/c1-4-7-24(40-25-18-21(3)29-26(19-25)35-30(36-29)22-9-10-22)20-28(33-5-2)38-16-11-23(12-17-38)39-27-8-6-15-34-31(27)37-32(39)13-14-32/h5-6,8,15,18-20,22-23H,2,4,7,9-14,16-17H2,1,3H3,(H,34,37)(H,35,36)/b24-20+,33-28?. The normalized spacial score (nSPS) is 20.6. The van der Waals surface area contributed by atoms with Gasteiger partial charge in [0.2, 0.25) is 0 Å². The Bertz CT molecular complexity index is 1490. The highest BCUT2D eigenvalue weighted by Crippen LogP contribution is 2.53. The molecule has 4 heterocycles. The minimum Gasteiger partial charge on any atom is -0.462 e. The fraction of sp³-hybridized carbons (Fsp3) is 0.469. The van der Waals surface area contributed by atoms with Gasteiger partial charge in [-0.1, -0.05) is 13.5 Å². The number of allylic oxidation sites excluding steroid dienone is 1. The predicted octanol–water partition coefficient (Wildman–Crippen LogP) is 6.64. The molecule has 8 heteroatoms. The molecular formula is C32H39N7O. The molecule has 4 aliphatic rings. The molecule has 0 amide bonds. The molecule has 0 radical (unpaired) electrons. The summed E-state index contributed by atoms with van der Waals surface area (Å²) < 4.78 is 6.52. The van der Waals surface area contributed by atoms with E-state index in [0.29, 0.717) is 12.0 Å². The third kappa shape index (κ3) is 4.63. The summed E-state index contributed by atoms with van der Waals surface area (Å²) in [4.78, 5) is 22.7. The Labute approximate surface area is 236 Å². The quantitative estimate of drug-likeness (QED) is 0.191. The molecule has 0 unspecified atom stereocenters. The van der Waals surface area contributed by atoms with Crippen molar-refractivity contribution >= 4 is 28.4 Å². The van der Waals surface area contributed by atoms with Gasteiger partial charge in [-0.3, -0.25) is 0 Å². The number of pyridine rings is 1. The molecule has 3 aromatic rings. The van der Waals surface area contributed by atoms with Crippen LogP contribution in [-0.4, -0.2) is 50.5 Å². The largest absolute Gasteiger partial charge is 0.462 e. The van der Waals surface area contributed by atoms with Crippen LogP contribution in [0, 0.1) is 6.92 Å². The number of benzene rings is 1. The van der Waals surface area contributed by atoms with E-state index in [2.05, 4.69) is 75.9 Å². The first-order chi connectivity index (χ1) is 19.6. The number of H-pyrrole nitrogens is 1. The van der Waals surface area contributed by atoms with E-state index in [9.17, 15) is 0 Å². The number of rotatable bonds is 8. The summed E-state index contributed by atoms with van der Waals surface area (Å²) in [7, 11) is 0. The maximum Gasteiger partial charge on any atom is 0.151 e. The molecule has 0 bridgehead atoms. The highest BCUT2D eigenvalue weighted by atomic mass is 16.5. The number of aliphatic imine (C=N–C) groups is 1. The topological polar surface area (TPSA) is 81.7 Å². The van der Waals surface area contributed by atoms with Gasteiger partial charge >= 0.3 is 0 Å². The van der Waals surface area contributed by atoms with Crippen LogP contribution >= 0.6 is 0 Å². The number of ether oxygens (including phenoxy) is 1. The van der Waals surface area contributed by atoms with Gasteiger partial charge < -0.3 is 24.8 Å². The zero-order chi connectivity index (χ0) is 27.3. The second kappa shape index (κ2) is 9.98. The van der Waals surface area contributed by atoms with E-state index in [1.807, 2.05) is 6.20 Å². The van der Waals surface area contributed by atoms with E-state index in [4.69, 9.17) is 14.7 Å². The maximum atomic E-state index is 6.52. The summed E-state index contributed by atoms with van der Waals surface area (Å²) in [5.74, 6) is 5.43. The number of nitrogens with one attached hydrogen (secondary N) is 2. The second-order valence-corrected chi connectivity index (χ2v) is 11.8. The van der Waals surface area contributed by atoms with Crippen molar-refractivity contribution in [3.05, 3.63) is 66.5 Å². The number of imidazole rings is 1. The van der Waals surface area contributed by atoms with E-state index in [0.717, 1.165) is 84.4 Å². The SMILES string of the molecule is C=CN=C(/C=C(\CCC)Oc1cc(C)c2nc(C3CC3)[nH]c2c1)N1CCC(N2c3cccnc3NC23CC3)CC1. The van der Waals surface area contributed by atoms with E-state index in [1.165, 1.54) is 31.4 Å². The molecule has 1 spiro atoms. The number of amidine groups is 1. The molecule has 40 heavy (non-hydrogen) atoms. The first-order valence-electron chi connectivity index (χ1n) is 14.9. The Morgan fingerprint density at radius 3 is 2.77 bits per heavy atom. The highest BCUT2D eigenvalue weighted by Gasteiger charge is 2.55. The Morgan fingerprint density at radius 2 is 2.05 bits per heavy atom. The van der Waals surface area contributed by atoms with Crippen molar-refractivity contribution in [3.8, 4) is 5.75 Å². The van der Waals surface area contributed by atoms with Gasteiger partial charge in [0.25, 0.3) is 0 Å². The zero-order valence-electron chi connectivity index (χ0n) is 23.6. The van der Waals surface area contributed by atoms with Crippen LogP contribution in [0.1, 0.15) is 75.6 Å². The number of aryl methyl sites for hydroxylation is 1. The Balaban J connectivity index is 1.08. The van der Waals surface area contributed by atoms with Gasteiger partial charge in [-0.15, -0.1) is 0 Å². The van der Waals surface area contributed by atoms with Crippen molar-refractivity contribution in [2.75, 3.05) is 23.3 Å². The number of nitrogens with zero attached hydrogens (tertiary/aromatic N) is 5. The van der Waals surface area contributed by atoms with Crippen molar-refractivity contribution in [3.63, 3.8) is 0 Å². The number of hydrogen-bond donors (Lipinski definition) is 2. The van der Waals surface area contributed by atoms with Crippen LogP contribution in [0.4, 0.5) is 11.5 Å². The lowest BCUT2D eigenvalue weighted by atomic mass is 10.0. The Kier molecular flexibility index (Phi) is 6.28. The number of hydrogen-bond acceptors (Lipinski definition) is 6. The lowest BCUT2D eigenvalue weighted by Gasteiger charge is -2.41. The summed E-state index contributed by atoms with van der Waals surface area (Å²) in [6.45, 7) is 10.1. The summed E-state index contributed by atoms with van der Waals surface area (Å²) in [5, 5.41) is 3.71. The van der Waals surface area contributed by atoms with Crippen molar-refractivity contribution < 1.29 is 4.74 Å². The third-order valence-corrected chi connectivity index (χ3v) is 8.73. The van der Waals surface area contributed by atoms with Crippen molar-refractivity contribution in [2.45, 2.75) is 82.8 Å². The Hall–Kier alpha value is -3.81. The van der Waals surface area contributed by atoms with Gasteiger partial charge in [-0.25, -0.2) is 15.0 Å². The van der Waals surface area contributed by atoms with Crippen molar-refractivity contribution in [2.24, 2.45) is 4.99 Å². The Morgan fingerprint density at radius 1 is 1.23 bits per heavy atom. The lowest BCUT2D eigenvalue weighted by molar-refractivity contribution is 0.296. The first kappa shape index (κ1) is 25.2. The third-order valence-electron chi connectivity index (χ3n) is 8.73. The number of aromatic amines is 1. The predicted molar refractivity (Wildman–Crippen MR) is 161 cm³/mol. The van der Waals surface area contributed by atoms with Crippen LogP contribution in [-0.2, 0) is 0 Å². The van der Waals surface area contributed by atoms with E-state index in [-0.39, 0.29) is 5.66 Å². The van der Waals surface area contributed by atoms with Gasteiger partial charge in [0, 0.05) is 56.0 Å². The second-order valence-electron chi connectivity index (χ2n) is 11.8. The number of fused-ring (bicyclic) bond motifs is 2. The first-order valence-corrected chi connectivity index (χ1v) is 14.9. The summed E-state index contributed by atoms with van der Waals surface area (Å²) in [6, 6.07) is 8.94. The molecule has 208 valence electrons. The monoisotopic (exact) mass is 537 g/mol. The van der Waals surface area contributed by atoms with E-state index < -0.39 is 0 Å². The number of aromatic nitrogens is 3. The molecule has 8 nitrogen and oxygen atoms in total. The summed E-state index contributed by atoms with van der Waals surface area (Å²) >= 11 is 0. The minimum atomic E-state index is 0.0803. The van der Waals surface area contributed by atoms with Gasteiger partial charge in [-0.05, 0) is 75.6 Å². The maximum absolute atomic E-state index is 6.52. The molecule has 2 saturated carbocycles. The number of piperidine rings is 1. The summed E-state index contributed by atoms with van der Waals surface area (Å²) in [6.07, 6.45) is 14.4. The van der Waals surface area contributed by atoms with Gasteiger partial charge in [0.15, 0.2) is 5.82 Å². The summed E-state index contributed by atoms with van der Waals surface area (Å²) in [5.41, 5.74) is 4.57. The van der Waals surface area contributed by atoms with Crippen LogP contribution in [0.15, 0.2) is 60.1 Å².